The van der Waals surface area contributed by atoms with Crippen LogP contribution in [-0.4, -0.2) is 64.7 Å². The highest BCUT2D eigenvalue weighted by molar-refractivity contribution is 6.33. The molecule has 2 fully saturated rings. The van der Waals surface area contributed by atoms with Gasteiger partial charge < -0.3 is 19.6 Å². The van der Waals surface area contributed by atoms with E-state index in [1.807, 2.05) is 0 Å². The van der Waals surface area contributed by atoms with Crippen LogP contribution in [0.2, 0.25) is 0 Å². The van der Waals surface area contributed by atoms with Crippen molar-refractivity contribution in [2.24, 2.45) is 0 Å². The molecule has 2 amide bonds. The summed E-state index contributed by atoms with van der Waals surface area (Å²) in [6.45, 7) is 3.28. The van der Waals surface area contributed by atoms with Crippen molar-refractivity contribution in [1.82, 2.24) is 9.80 Å². The summed E-state index contributed by atoms with van der Waals surface area (Å²) in [5.41, 5.74) is -0.701. The van der Waals surface area contributed by atoms with Crippen LogP contribution < -0.4 is 0 Å². The Morgan fingerprint density at radius 3 is 2.50 bits per heavy atom. The number of hydrogen-bond donors (Lipinski definition) is 1. The third-order valence-corrected chi connectivity index (χ3v) is 3.58. The number of morpholine rings is 1. The first-order valence-electron chi connectivity index (χ1n) is 5.97. The monoisotopic (exact) mass is 256 g/mol. The fourth-order valence-electron chi connectivity index (χ4n) is 2.44. The van der Waals surface area contributed by atoms with Crippen LogP contribution in [0.4, 0.5) is 4.79 Å². The molecule has 0 unspecified atom stereocenters. The van der Waals surface area contributed by atoms with E-state index in [0.29, 0.717) is 39.0 Å². The van der Waals surface area contributed by atoms with Gasteiger partial charge in [-0.05, 0) is 6.92 Å². The lowest BCUT2D eigenvalue weighted by atomic mass is 9.89. The maximum absolute atomic E-state index is 11.5. The standard InChI is InChI=1S/C11H16N2O5/c1-2-12-7-11(18-9(15)8(12)14)3-5-13(6-4-11)10(16)17/h2-7H2,1H3,(H,16,17). The molecule has 7 nitrogen and oxygen atoms in total. The molecular weight excluding hydrogens is 240 g/mol. The van der Waals surface area contributed by atoms with Crippen molar-refractivity contribution in [1.29, 1.82) is 0 Å². The Morgan fingerprint density at radius 2 is 2.00 bits per heavy atom. The molecule has 0 aromatic rings. The third kappa shape index (κ3) is 2.12. The smallest absolute Gasteiger partial charge is 0.407 e. The second-order valence-electron chi connectivity index (χ2n) is 4.66. The number of carbonyl (C=O) groups excluding carboxylic acids is 2. The Labute approximate surface area is 104 Å². The minimum atomic E-state index is -0.963. The van der Waals surface area contributed by atoms with Gasteiger partial charge in [-0.2, -0.15) is 0 Å². The van der Waals surface area contributed by atoms with Crippen LogP contribution in [-0.2, 0) is 14.3 Å². The van der Waals surface area contributed by atoms with Crippen molar-refractivity contribution in [3.8, 4) is 0 Å². The van der Waals surface area contributed by atoms with E-state index in [1.54, 1.807) is 6.92 Å². The largest absolute Gasteiger partial charge is 0.465 e. The van der Waals surface area contributed by atoms with Crippen LogP contribution in [0, 0.1) is 0 Å². The second kappa shape index (κ2) is 4.47. The molecule has 100 valence electrons. The van der Waals surface area contributed by atoms with Crippen LogP contribution in [0.1, 0.15) is 19.8 Å². The van der Waals surface area contributed by atoms with Gasteiger partial charge in [0.05, 0.1) is 6.54 Å². The third-order valence-electron chi connectivity index (χ3n) is 3.58. The second-order valence-corrected chi connectivity index (χ2v) is 4.66. The van der Waals surface area contributed by atoms with Gasteiger partial charge in [0, 0.05) is 32.5 Å². The number of piperidine rings is 1. The van der Waals surface area contributed by atoms with Crippen LogP contribution in [0.15, 0.2) is 0 Å². The molecule has 1 N–H and O–H groups in total. The van der Waals surface area contributed by atoms with Gasteiger partial charge in [-0.15, -0.1) is 0 Å². The Hall–Kier alpha value is -1.79. The molecule has 2 rings (SSSR count). The summed E-state index contributed by atoms with van der Waals surface area (Å²) in [5.74, 6) is -1.43. The zero-order valence-corrected chi connectivity index (χ0v) is 10.2. The first-order chi connectivity index (χ1) is 8.47. The van der Waals surface area contributed by atoms with E-state index in [4.69, 9.17) is 9.84 Å². The molecule has 2 aliphatic rings. The molecule has 2 aliphatic heterocycles. The summed E-state index contributed by atoms with van der Waals surface area (Å²) in [6, 6.07) is 0. The van der Waals surface area contributed by atoms with E-state index in [2.05, 4.69) is 0 Å². The number of likely N-dealkylation sites (tertiary alicyclic amines) is 1. The van der Waals surface area contributed by atoms with E-state index in [0.717, 1.165) is 0 Å². The van der Waals surface area contributed by atoms with E-state index >= 15 is 0 Å². The van der Waals surface area contributed by atoms with E-state index in [-0.39, 0.29) is 0 Å². The normalized spacial score (nSPS) is 23.2. The maximum Gasteiger partial charge on any atom is 0.407 e. The minimum Gasteiger partial charge on any atom is -0.465 e. The Kier molecular flexibility index (Phi) is 3.14. The van der Waals surface area contributed by atoms with Crippen molar-refractivity contribution in [3.05, 3.63) is 0 Å². The lowest BCUT2D eigenvalue weighted by Gasteiger charge is -2.45. The summed E-state index contributed by atoms with van der Waals surface area (Å²) in [4.78, 5) is 36.6. The highest BCUT2D eigenvalue weighted by Gasteiger charge is 2.47. The molecule has 0 aliphatic carbocycles. The van der Waals surface area contributed by atoms with Crippen molar-refractivity contribution >= 4 is 18.0 Å². The number of nitrogens with zero attached hydrogens (tertiary/aromatic N) is 2. The predicted octanol–water partition coefficient (Wildman–Crippen LogP) is -0.0957. The van der Waals surface area contributed by atoms with Crippen LogP contribution in [0.25, 0.3) is 0 Å². The first kappa shape index (κ1) is 12.7. The van der Waals surface area contributed by atoms with Gasteiger partial charge in [0.15, 0.2) is 0 Å². The molecule has 0 atom stereocenters. The summed E-state index contributed by atoms with van der Waals surface area (Å²) in [7, 11) is 0. The van der Waals surface area contributed by atoms with Crippen LogP contribution in [0.3, 0.4) is 0 Å². The number of hydrogen-bond acceptors (Lipinski definition) is 4. The number of esters is 1. The van der Waals surface area contributed by atoms with Gasteiger partial charge >= 0.3 is 18.0 Å². The molecule has 1 spiro atoms. The van der Waals surface area contributed by atoms with Gasteiger partial charge in [0.2, 0.25) is 0 Å². The average Bonchev–Trinajstić information content (AvgIpc) is 2.34. The Bertz CT molecular complexity index is 387. The average molecular weight is 256 g/mol. The summed E-state index contributed by atoms with van der Waals surface area (Å²) in [6.07, 6.45) is -0.0840. The Balaban J connectivity index is 2.07. The van der Waals surface area contributed by atoms with Gasteiger partial charge in [0.1, 0.15) is 5.60 Å². The van der Waals surface area contributed by atoms with Gasteiger partial charge in [-0.3, -0.25) is 4.79 Å². The number of carboxylic acid groups (broad SMARTS) is 1. The zero-order chi connectivity index (χ0) is 13.3. The van der Waals surface area contributed by atoms with Gasteiger partial charge in [-0.25, -0.2) is 9.59 Å². The molecule has 0 aromatic carbocycles. The van der Waals surface area contributed by atoms with Crippen LogP contribution >= 0.6 is 0 Å². The molecule has 7 heteroatoms. The highest BCUT2D eigenvalue weighted by atomic mass is 16.6. The van der Waals surface area contributed by atoms with Crippen molar-refractivity contribution in [2.45, 2.75) is 25.4 Å². The maximum atomic E-state index is 11.5. The van der Waals surface area contributed by atoms with Crippen molar-refractivity contribution in [2.75, 3.05) is 26.2 Å². The fourth-order valence-corrected chi connectivity index (χ4v) is 2.44. The number of rotatable bonds is 1. The molecular formula is C11H16N2O5. The lowest BCUT2D eigenvalue weighted by molar-refractivity contribution is -0.188. The first-order valence-corrected chi connectivity index (χ1v) is 5.97. The van der Waals surface area contributed by atoms with E-state index in [9.17, 15) is 14.4 Å². The zero-order valence-electron chi connectivity index (χ0n) is 10.2. The van der Waals surface area contributed by atoms with Crippen molar-refractivity contribution in [3.63, 3.8) is 0 Å². The number of ether oxygens (including phenoxy) is 1. The molecule has 0 saturated carbocycles. The molecule has 2 heterocycles. The molecule has 0 radical (unpaired) electrons. The summed E-state index contributed by atoms with van der Waals surface area (Å²) >= 11 is 0. The Morgan fingerprint density at radius 1 is 1.39 bits per heavy atom. The quantitative estimate of drug-likeness (QED) is 0.523. The minimum absolute atomic E-state index is 0.328. The summed E-state index contributed by atoms with van der Waals surface area (Å²) in [5, 5.41) is 8.87. The fraction of sp³-hybridized carbons (Fsp3) is 0.727. The topological polar surface area (TPSA) is 87.2 Å². The molecule has 0 bridgehead atoms. The summed E-state index contributed by atoms with van der Waals surface area (Å²) < 4.78 is 5.24. The lowest BCUT2D eigenvalue weighted by Crippen LogP contribution is -2.60. The van der Waals surface area contributed by atoms with Crippen LogP contribution in [0.5, 0.6) is 0 Å². The number of amides is 2. The number of carbonyl (C=O) groups is 3. The van der Waals surface area contributed by atoms with E-state index < -0.39 is 23.6 Å². The SMILES string of the molecule is CCN1CC2(CCN(C(=O)O)CC2)OC(=O)C1=O. The number of likely N-dealkylation sites (N-methyl/N-ethyl adjacent to an activating group) is 1. The van der Waals surface area contributed by atoms with E-state index in [1.165, 1.54) is 9.80 Å². The molecule has 18 heavy (non-hydrogen) atoms. The molecule has 2 saturated heterocycles. The molecule has 0 aromatic heterocycles. The van der Waals surface area contributed by atoms with Gasteiger partial charge in [0.25, 0.3) is 0 Å². The highest BCUT2D eigenvalue weighted by Crippen LogP contribution is 2.30. The van der Waals surface area contributed by atoms with Gasteiger partial charge in [-0.1, -0.05) is 0 Å². The predicted molar refractivity (Wildman–Crippen MR) is 59.9 cm³/mol. The van der Waals surface area contributed by atoms with Crippen molar-refractivity contribution < 1.29 is 24.2 Å².